The molecule has 0 amide bonds. The number of carboxylic acid groups (broad SMARTS) is 4. The predicted molar refractivity (Wildman–Crippen MR) is 101 cm³/mol. The van der Waals surface area contributed by atoms with Crippen LogP contribution in [0.3, 0.4) is 0 Å². The van der Waals surface area contributed by atoms with Gasteiger partial charge in [0.1, 0.15) is 0 Å². The molecule has 0 rings (SSSR count). The average Bonchev–Trinajstić information content (AvgIpc) is 2.47. The van der Waals surface area contributed by atoms with E-state index in [1.165, 1.54) is 21.0 Å². The number of hydrogen-bond donors (Lipinski definition) is 4. The van der Waals surface area contributed by atoms with Crippen LogP contribution in [0.5, 0.6) is 0 Å². The number of rotatable bonds is 7. The summed E-state index contributed by atoms with van der Waals surface area (Å²) < 4.78 is 4.27. The summed E-state index contributed by atoms with van der Waals surface area (Å²) in [6.07, 6.45) is -0.152. The molecule has 0 aromatic rings. The third kappa shape index (κ3) is 35.4. The number of carbonyl (C=O) groups is 5. The molecule has 0 aliphatic carbocycles. The third-order valence-electron chi connectivity index (χ3n) is 2.33. The first-order valence-corrected chi connectivity index (χ1v) is 6.84. The zero-order valence-electron chi connectivity index (χ0n) is 14.0. The van der Waals surface area contributed by atoms with Crippen molar-refractivity contribution in [3.05, 3.63) is 0 Å². The fourth-order valence-electron chi connectivity index (χ4n) is 0.770. The monoisotopic (exact) mass is 400 g/mol. The molecule has 164 valence electrons. The highest BCUT2D eigenvalue weighted by Gasteiger charge is 2.15. The first kappa shape index (κ1) is 39.4. The molecule has 2 unspecified atom stereocenters. The summed E-state index contributed by atoms with van der Waals surface area (Å²) in [5, 5.41) is 32.3. The number of methoxy groups -OCH3 is 1. The standard InChI is InChI=1S/C6H10O4.C5H8O4.C3H6O2.3CH4/c1-4(6(8)9)3-5(7)10-2;1-3(5(8)9)2-4(6)7;1-2-3(4)5;;;/h4H,3H2,1-2H3,(H,8,9);3H,2H2,1H3,(H,6,7)(H,8,9);2H2,1H3,(H,4,5);3*1H4. The van der Waals surface area contributed by atoms with Crippen LogP contribution in [-0.4, -0.2) is 57.4 Å². The van der Waals surface area contributed by atoms with Crippen LogP contribution >= 0.6 is 0 Å². The van der Waals surface area contributed by atoms with E-state index in [-0.39, 0.29) is 41.5 Å². The lowest BCUT2D eigenvalue weighted by molar-refractivity contribution is -0.149. The summed E-state index contributed by atoms with van der Waals surface area (Å²) in [5.74, 6) is -5.82. The first-order chi connectivity index (χ1) is 10.9. The minimum absolute atomic E-state index is 0. The van der Waals surface area contributed by atoms with E-state index in [1.54, 1.807) is 6.92 Å². The number of aliphatic carboxylic acids is 4. The Hall–Kier alpha value is -2.65. The maximum atomic E-state index is 10.4. The Morgan fingerprint density at radius 2 is 1.04 bits per heavy atom. The Labute approximate surface area is 161 Å². The quantitative estimate of drug-likeness (QED) is 0.465. The molecule has 0 bridgehead atoms. The highest BCUT2D eigenvalue weighted by atomic mass is 16.5. The van der Waals surface area contributed by atoms with Crippen molar-refractivity contribution in [2.75, 3.05) is 7.11 Å². The fraction of sp³-hybridized carbons (Fsp3) is 0.706. The number of carbonyl (C=O) groups excluding carboxylic acids is 1. The van der Waals surface area contributed by atoms with Crippen molar-refractivity contribution in [2.45, 2.75) is 62.3 Å². The highest BCUT2D eigenvalue weighted by Crippen LogP contribution is 2.02. The molecule has 0 radical (unpaired) electrons. The Bertz CT molecular complexity index is 431. The number of esters is 1. The van der Waals surface area contributed by atoms with Gasteiger partial charge in [0.15, 0.2) is 0 Å². The highest BCUT2D eigenvalue weighted by molar-refractivity contribution is 5.78. The van der Waals surface area contributed by atoms with Gasteiger partial charge in [0, 0.05) is 6.42 Å². The molecule has 0 saturated heterocycles. The van der Waals surface area contributed by atoms with Gasteiger partial charge in [-0.25, -0.2) is 0 Å². The molecule has 0 heterocycles. The largest absolute Gasteiger partial charge is 0.481 e. The summed E-state index contributed by atoms with van der Waals surface area (Å²) in [4.78, 5) is 49.8. The lowest BCUT2D eigenvalue weighted by Gasteiger charge is -2.02. The second-order valence-electron chi connectivity index (χ2n) is 4.60. The third-order valence-corrected chi connectivity index (χ3v) is 2.33. The van der Waals surface area contributed by atoms with E-state index in [0.29, 0.717) is 0 Å². The van der Waals surface area contributed by atoms with E-state index in [4.69, 9.17) is 20.4 Å². The van der Waals surface area contributed by atoms with E-state index in [2.05, 4.69) is 4.74 Å². The van der Waals surface area contributed by atoms with Gasteiger partial charge >= 0.3 is 29.8 Å². The van der Waals surface area contributed by atoms with Crippen LogP contribution in [0.25, 0.3) is 0 Å². The molecular weight excluding hydrogens is 364 g/mol. The Kier molecular flexibility index (Phi) is 34.1. The fourth-order valence-corrected chi connectivity index (χ4v) is 0.770. The van der Waals surface area contributed by atoms with Gasteiger partial charge in [0.25, 0.3) is 0 Å². The van der Waals surface area contributed by atoms with Crippen molar-refractivity contribution in [3.63, 3.8) is 0 Å². The molecule has 0 saturated carbocycles. The lowest BCUT2D eigenvalue weighted by atomic mass is 10.1. The van der Waals surface area contributed by atoms with Gasteiger partial charge in [-0.2, -0.15) is 0 Å². The molecule has 0 aliphatic heterocycles. The van der Waals surface area contributed by atoms with Crippen LogP contribution in [0.4, 0.5) is 0 Å². The van der Waals surface area contributed by atoms with Gasteiger partial charge in [0.05, 0.1) is 31.8 Å². The summed E-state index contributed by atoms with van der Waals surface area (Å²) in [5.41, 5.74) is 0. The van der Waals surface area contributed by atoms with Crippen molar-refractivity contribution < 1.29 is 49.1 Å². The SMILES string of the molecule is C.C.C.CC(CC(=O)O)C(=O)O.CCC(=O)O.COC(=O)CC(C)C(=O)O. The summed E-state index contributed by atoms with van der Waals surface area (Å²) in [6, 6.07) is 0. The molecule has 10 heteroatoms. The number of carboxylic acids is 4. The zero-order chi connectivity index (χ0) is 19.9. The summed E-state index contributed by atoms with van der Waals surface area (Å²) >= 11 is 0. The van der Waals surface area contributed by atoms with Crippen LogP contribution in [0, 0.1) is 11.8 Å². The van der Waals surface area contributed by atoms with Crippen molar-refractivity contribution >= 4 is 29.8 Å². The van der Waals surface area contributed by atoms with E-state index in [1.807, 2.05) is 0 Å². The maximum Gasteiger partial charge on any atom is 0.306 e. The lowest BCUT2D eigenvalue weighted by Crippen LogP contribution is -2.15. The molecule has 0 aromatic carbocycles. The molecule has 4 N–H and O–H groups in total. The van der Waals surface area contributed by atoms with Gasteiger partial charge < -0.3 is 25.2 Å². The number of ether oxygens (including phenoxy) is 1. The minimum atomic E-state index is -1.08. The van der Waals surface area contributed by atoms with Crippen molar-refractivity contribution in [1.29, 1.82) is 0 Å². The predicted octanol–water partition coefficient (Wildman–Crippen LogP) is 2.84. The zero-order valence-corrected chi connectivity index (χ0v) is 14.0. The van der Waals surface area contributed by atoms with Gasteiger partial charge in [-0.15, -0.1) is 0 Å². The first-order valence-electron chi connectivity index (χ1n) is 6.84. The molecule has 0 spiro atoms. The van der Waals surface area contributed by atoms with E-state index >= 15 is 0 Å². The van der Waals surface area contributed by atoms with Crippen molar-refractivity contribution in [3.8, 4) is 0 Å². The molecule has 0 fully saturated rings. The average molecular weight is 400 g/mol. The molecule has 0 aliphatic rings. The summed E-state index contributed by atoms with van der Waals surface area (Å²) in [7, 11) is 1.23. The number of hydrogen-bond acceptors (Lipinski definition) is 6. The van der Waals surface area contributed by atoms with Crippen molar-refractivity contribution in [1.82, 2.24) is 0 Å². The second-order valence-corrected chi connectivity index (χ2v) is 4.60. The Morgan fingerprint density at radius 1 is 0.741 bits per heavy atom. The maximum absolute atomic E-state index is 10.4. The van der Waals surface area contributed by atoms with Crippen LogP contribution in [0.15, 0.2) is 0 Å². The minimum Gasteiger partial charge on any atom is -0.481 e. The van der Waals surface area contributed by atoms with Gasteiger partial charge in [0.2, 0.25) is 0 Å². The van der Waals surface area contributed by atoms with E-state index < -0.39 is 41.7 Å². The van der Waals surface area contributed by atoms with Gasteiger partial charge in [-0.05, 0) is 0 Å². The van der Waals surface area contributed by atoms with Crippen LogP contribution < -0.4 is 0 Å². The molecule has 10 nitrogen and oxygen atoms in total. The van der Waals surface area contributed by atoms with Gasteiger partial charge in [-0.3, -0.25) is 24.0 Å². The smallest absolute Gasteiger partial charge is 0.306 e. The second kappa shape index (κ2) is 23.4. The molecule has 27 heavy (non-hydrogen) atoms. The van der Waals surface area contributed by atoms with E-state index in [9.17, 15) is 24.0 Å². The van der Waals surface area contributed by atoms with Gasteiger partial charge in [-0.1, -0.05) is 43.1 Å². The summed E-state index contributed by atoms with van der Waals surface area (Å²) in [6.45, 7) is 4.41. The topological polar surface area (TPSA) is 175 Å². The van der Waals surface area contributed by atoms with E-state index in [0.717, 1.165) is 0 Å². The van der Waals surface area contributed by atoms with Crippen LogP contribution in [0.2, 0.25) is 0 Å². The molecular formula is C17H36O10. The van der Waals surface area contributed by atoms with Crippen molar-refractivity contribution in [2.24, 2.45) is 11.8 Å². The normalized spacial score (nSPS) is 10.1. The molecule has 2 atom stereocenters. The van der Waals surface area contributed by atoms with Crippen LogP contribution in [-0.2, 0) is 28.7 Å². The molecule has 0 aromatic heterocycles. The Balaban J connectivity index is -0.0000000607. The Morgan fingerprint density at radius 3 is 1.19 bits per heavy atom. The van der Waals surface area contributed by atoms with Crippen LogP contribution in [0.1, 0.15) is 62.3 Å².